The third-order valence-corrected chi connectivity index (χ3v) is 4.36. The Hall–Kier alpha value is -3.56. The number of nitrogens with two attached hydrogens (primary N) is 2. The fraction of sp³-hybridized carbons (Fsp3) is 0.118. The second-order valence-corrected chi connectivity index (χ2v) is 5.94. The Kier molecular flexibility index (Phi) is 5.78. The maximum atomic E-state index is 11.6. The summed E-state index contributed by atoms with van der Waals surface area (Å²) in [5.74, 6) is -1.24. The summed E-state index contributed by atoms with van der Waals surface area (Å²) in [5.41, 5.74) is 12.2. The number of thioether (sulfide) groups is 1. The van der Waals surface area contributed by atoms with Crippen molar-refractivity contribution in [3.63, 3.8) is 0 Å². The number of pyridine rings is 1. The second-order valence-electron chi connectivity index (χ2n) is 4.97. The first-order chi connectivity index (χ1) is 12.4. The molecule has 0 atom stereocenters. The van der Waals surface area contributed by atoms with E-state index in [-0.39, 0.29) is 33.3 Å². The number of benzene rings is 1. The molecule has 1 amide bonds. The van der Waals surface area contributed by atoms with Gasteiger partial charge in [-0.3, -0.25) is 4.79 Å². The van der Waals surface area contributed by atoms with Crippen molar-refractivity contribution >= 4 is 29.5 Å². The summed E-state index contributed by atoms with van der Waals surface area (Å²) in [4.78, 5) is 26.6. The minimum Gasteiger partial charge on any atom is -0.465 e. The number of nitrogen functional groups attached to an aromatic ring is 1. The molecule has 9 heteroatoms. The SMILES string of the molecule is COC(=O)c1ccc(-c2c(C#N)c(N)nc(SCC(N)=O)c2C#N)cc1. The zero-order chi connectivity index (χ0) is 19.3. The van der Waals surface area contributed by atoms with Gasteiger partial charge in [-0.15, -0.1) is 0 Å². The molecule has 8 nitrogen and oxygen atoms in total. The third-order valence-electron chi connectivity index (χ3n) is 3.36. The minimum atomic E-state index is -0.576. The molecule has 1 heterocycles. The van der Waals surface area contributed by atoms with E-state index in [1.54, 1.807) is 12.1 Å². The third kappa shape index (κ3) is 3.74. The van der Waals surface area contributed by atoms with Gasteiger partial charge in [0.15, 0.2) is 0 Å². The molecule has 2 aromatic rings. The first-order valence-electron chi connectivity index (χ1n) is 7.16. The van der Waals surface area contributed by atoms with Gasteiger partial charge in [0.25, 0.3) is 0 Å². The number of hydrogen-bond acceptors (Lipinski definition) is 8. The molecule has 0 saturated heterocycles. The van der Waals surface area contributed by atoms with Gasteiger partial charge in [-0.25, -0.2) is 9.78 Å². The topological polar surface area (TPSA) is 156 Å². The van der Waals surface area contributed by atoms with E-state index in [1.165, 1.54) is 19.2 Å². The molecule has 1 aromatic heterocycles. The van der Waals surface area contributed by atoms with E-state index >= 15 is 0 Å². The van der Waals surface area contributed by atoms with E-state index < -0.39 is 11.9 Å². The zero-order valence-corrected chi connectivity index (χ0v) is 14.5. The van der Waals surface area contributed by atoms with Gasteiger partial charge in [0, 0.05) is 5.56 Å². The van der Waals surface area contributed by atoms with Gasteiger partial charge < -0.3 is 16.2 Å². The van der Waals surface area contributed by atoms with Crippen LogP contribution in [0.5, 0.6) is 0 Å². The normalized spacial score (nSPS) is 9.81. The lowest BCUT2D eigenvalue weighted by atomic mass is 9.96. The standard InChI is InChI=1S/C17H13N5O3S/c1-25-17(24)10-4-2-9(3-5-10)14-11(6-18)15(21)22-16(12(14)7-19)26-8-13(20)23/h2-5H,8H2,1H3,(H2,20,23)(H2,21,22). The first-order valence-corrected chi connectivity index (χ1v) is 8.15. The fourth-order valence-electron chi connectivity index (χ4n) is 2.22. The summed E-state index contributed by atoms with van der Waals surface area (Å²) in [6, 6.07) is 10.1. The molecule has 130 valence electrons. The van der Waals surface area contributed by atoms with Crippen LogP contribution in [0.4, 0.5) is 5.82 Å². The fourth-order valence-corrected chi connectivity index (χ4v) is 2.96. The summed E-state index contributed by atoms with van der Waals surface area (Å²) >= 11 is 0.962. The quantitative estimate of drug-likeness (QED) is 0.594. The minimum absolute atomic E-state index is 0.0378. The van der Waals surface area contributed by atoms with Crippen LogP contribution in [0, 0.1) is 22.7 Å². The molecular weight excluding hydrogens is 354 g/mol. The van der Waals surface area contributed by atoms with E-state index in [0.29, 0.717) is 11.1 Å². The number of carbonyl (C=O) groups is 2. The van der Waals surface area contributed by atoms with Crippen molar-refractivity contribution in [3.05, 3.63) is 41.0 Å². The molecule has 4 N–H and O–H groups in total. The molecule has 0 fully saturated rings. The zero-order valence-electron chi connectivity index (χ0n) is 13.6. The lowest BCUT2D eigenvalue weighted by molar-refractivity contribution is -0.115. The van der Waals surface area contributed by atoms with Crippen LogP contribution in [-0.2, 0) is 9.53 Å². The Morgan fingerprint density at radius 1 is 1.19 bits per heavy atom. The Morgan fingerprint density at radius 2 is 1.81 bits per heavy atom. The number of methoxy groups -OCH3 is 1. The van der Waals surface area contributed by atoms with E-state index in [4.69, 9.17) is 11.5 Å². The molecule has 0 bridgehead atoms. The molecule has 0 aliphatic carbocycles. The van der Waals surface area contributed by atoms with Crippen LogP contribution in [0.25, 0.3) is 11.1 Å². The van der Waals surface area contributed by atoms with Crippen molar-refractivity contribution in [3.8, 4) is 23.3 Å². The maximum Gasteiger partial charge on any atom is 0.337 e. The number of nitriles is 2. The highest BCUT2D eigenvalue weighted by atomic mass is 32.2. The van der Waals surface area contributed by atoms with E-state index in [0.717, 1.165) is 11.8 Å². The summed E-state index contributed by atoms with van der Waals surface area (Å²) in [5, 5.41) is 19.2. The highest BCUT2D eigenvalue weighted by molar-refractivity contribution is 8.00. The maximum absolute atomic E-state index is 11.6. The van der Waals surface area contributed by atoms with Gasteiger partial charge in [0.1, 0.15) is 28.5 Å². The average Bonchev–Trinajstić information content (AvgIpc) is 2.65. The molecule has 0 aliphatic heterocycles. The average molecular weight is 367 g/mol. The Morgan fingerprint density at radius 3 is 2.31 bits per heavy atom. The number of amides is 1. The highest BCUT2D eigenvalue weighted by Crippen LogP contribution is 2.35. The summed E-state index contributed by atoms with van der Waals surface area (Å²) in [7, 11) is 1.27. The van der Waals surface area contributed by atoms with Crippen LogP contribution >= 0.6 is 11.8 Å². The number of anilines is 1. The molecule has 0 unspecified atom stereocenters. The first kappa shape index (κ1) is 18.8. The summed E-state index contributed by atoms with van der Waals surface area (Å²) < 4.78 is 4.64. The number of esters is 1. The number of rotatable bonds is 5. The van der Waals surface area contributed by atoms with E-state index in [1.807, 2.05) is 12.1 Å². The van der Waals surface area contributed by atoms with Crippen LogP contribution in [0.2, 0.25) is 0 Å². The molecule has 26 heavy (non-hydrogen) atoms. The van der Waals surface area contributed by atoms with Crippen molar-refractivity contribution in [1.29, 1.82) is 10.5 Å². The van der Waals surface area contributed by atoms with Gasteiger partial charge >= 0.3 is 5.97 Å². The highest BCUT2D eigenvalue weighted by Gasteiger charge is 2.21. The largest absolute Gasteiger partial charge is 0.465 e. The van der Waals surface area contributed by atoms with Crippen molar-refractivity contribution in [2.24, 2.45) is 5.73 Å². The number of carbonyl (C=O) groups excluding carboxylic acids is 2. The molecule has 0 radical (unpaired) electrons. The predicted octanol–water partition coefficient (Wildman–Crippen LogP) is 1.44. The molecular formula is C17H13N5O3S. The van der Waals surface area contributed by atoms with Crippen LogP contribution < -0.4 is 11.5 Å². The summed E-state index contributed by atoms with van der Waals surface area (Å²) in [6.45, 7) is 0. The lowest BCUT2D eigenvalue weighted by Gasteiger charge is -2.13. The van der Waals surface area contributed by atoms with E-state index in [9.17, 15) is 20.1 Å². The number of ether oxygens (including phenoxy) is 1. The predicted molar refractivity (Wildman–Crippen MR) is 94.8 cm³/mol. The molecule has 0 saturated carbocycles. The Bertz CT molecular complexity index is 958. The van der Waals surface area contributed by atoms with E-state index in [2.05, 4.69) is 9.72 Å². The molecule has 2 rings (SSSR count). The summed E-state index contributed by atoms with van der Waals surface area (Å²) in [6.07, 6.45) is 0. The monoisotopic (exact) mass is 367 g/mol. The van der Waals surface area contributed by atoms with Crippen molar-refractivity contribution in [2.45, 2.75) is 5.03 Å². The molecule has 0 spiro atoms. The van der Waals surface area contributed by atoms with Gasteiger partial charge in [-0.2, -0.15) is 10.5 Å². The van der Waals surface area contributed by atoms with Crippen LogP contribution in [0.15, 0.2) is 29.3 Å². The Labute approximate surface area is 153 Å². The smallest absolute Gasteiger partial charge is 0.337 e. The molecule has 0 aliphatic rings. The van der Waals surface area contributed by atoms with Crippen LogP contribution in [0.3, 0.4) is 0 Å². The number of primary amides is 1. The van der Waals surface area contributed by atoms with Gasteiger partial charge in [0.05, 0.1) is 24.0 Å². The van der Waals surface area contributed by atoms with Gasteiger partial charge in [-0.05, 0) is 17.7 Å². The number of aromatic nitrogens is 1. The van der Waals surface area contributed by atoms with Gasteiger partial charge in [-0.1, -0.05) is 23.9 Å². The lowest BCUT2D eigenvalue weighted by Crippen LogP contribution is -2.14. The van der Waals surface area contributed by atoms with Crippen molar-refractivity contribution < 1.29 is 14.3 Å². The van der Waals surface area contributed by atoms with Gasteiger partial charge in [0.2, 0.25) is 5.91 Å². The molecule has 1 aromatic carbocycles. The van der Waals surface area contributed by atoms with Crippen LogP contribution in [-0.4, -0.2) is 29.7 Å². The van der Waals surface area contributed by atoms with Crippen LogP contribution in [0.1, 0.15) is 21.5 Å². The Balaban J connectivity index is 2.66. The second kappa shape index (κ2) is 8.01. The van der Waals surface area contributed by atoms with Crippen molar-refractivity contribution in [1.82, 2.24) is 4.98 Å². The van der Waals surface area contributed by atoms with Crippen molar-refractivity contribution in [2.75, 3.05) is 18.6 Å². The number of hydrogen-bond donors (Lipinski definition) is 2. The number of nitrogens with zero attached hydrogens (tertiary/aromatic N) is 3.